The zero-order valence-corrected chi connectivity index (χ0v) is 7.93. The molecule has 1 aromatic rings. The van der Waals surface area contributed by atoms with Crippen molar-refractivity contribution in [3.8, 4) is 0 Å². The minimum atomic E-state index is 0.693. The van der Waals surface area contributed by atoms with Crippen LogP contribution in [0.4, 0.5) is 5.82 Å². The molecule has 0 fully saturated rings. The number of hydrogen-bond acceptors (Lipinski definition) is 2. The molecule has 1 heterocycles. The van der Waals surface area contributed by atoms with Crippen molar-refractivity contribution in [3.63, 3.8) is 0 Å². The molecule has 0 saturated carbocycles. The molecular weight excluding hydrogens is 172 g/mol. The summed E-state index contributed by atoms with van der Waals surface area (Å²) in [6.45, 7) is 2.87. The molecule has 1 aromatic heterocycles. The van der Waals surface area contributed by atoms with Crippen LogP contribution in [-0.4, -0.2) is 17.4 Å². The molecule has 0 aliphatic rings. The van der Waals surface area contributed by atoms with Gasteiger partial charge in [-0.1, -0.05) is 6.07 Å². The van der Waals surface area contributed by atoms with E-state index in [4.69, 9.17) is 11.6 Å². The van der Waals surface area contributed by atoms with Crippen LogP contribution in [-0.2, 0) is 0 Å². The predicted octanol–water partition coefficient (Wildman–Crippen LogP) is 2.43. The second-order valence-electron chi connectivity index (χ2n) is 2.63. The second kappa shape index (κ2) is 4.99. The van der Waals surface area contributed by atoms with Crippen LogP contribution in [0.5, 0.6) is 0 Å². The Bertz CT molecular complexity index is 238. The number of pyridine rings is 1. The van der Waals surface area contributed by atoms with Gasteiger partial charge in [-0.05, 0) is 25.5 Å². The van der Waals surface area contributed by atoms with Gasteiger partial charge in [-0.2, -0.15) is 0 Å². The van der Waals surface area contributed by atoms with E-state index in [-0.39, 0.29) is 0 Å². The van der Waals surface area contributed by atoms with Gasteiger partial charge in [0.25, 0.3) is 0 Å². The number of halogens is 1. The van der Waals surface area contributed by atoms with Crippen LogP contribution >= 0.6 is 11.6 Å². The first kappa shape index (κ1) is 9.33. The van der Waals surface area contributed by atoms with Crippen molar-refractivity contribution in [2.75, 3.05) is 17.7 Å². The monoisotopic (exact) mass is 184 g/mol. The van der Waals surface area contributed by atoms with Crippen LogP contribution in [0.1, 0.15) is 12.1 Å². The van der Waals surface area contributed by atoms with Crippen LogP contribution in [0.3, 0.4) is 0 Å². The van der Waals surface area contributed by atoms with Gasteiger partial charge in [-0.15, -0.1) is 11.6 Å². The van der Waals surface area contributed by atoms with E-state index in [1.165, 1.54) is 0 Å². The summed E-state index contributed by atoms with van der Waals surface area (Å²) >= 11 is 5.54. The van der Waals surface area contributed by atoms with E-state index in [2.05, 4.69) is 10.3 Å². The molecule has 0 aromatic carbocycles. The predicted molar refractivity (Wildman–Crippen MR) is 52.8 cm³/mol. The molecule has 0 spiro atoms. The summed E-state index contributed by atoms with van der Waals surface area (Å²) in [5, 5.41) is 3.19. The maximum absolute atomic E-state index is 5.54. The van der Waals surface area contributed by atoms with Crippen molar-refractivity contribution in [1.82, 2.24) is 4.98 Å². The van der Waals surface area contributed by atoms with Crippen molar-refractivity contribution in [1.29, 1.82) is 0 Å². The lowest BCUT2D eigenvalue weighted by atomic mass is 10.3. The summed E-state index contributed by atoms with van der Waals surface area (Å²) in [5.41, 5.74) is 1.03. The Hall–Kier alpha value is -0.760. The zero-order valence-electron chi connectivity index (χ0n) is 7.18. The highest BCUT2D eigenvalue weighted by atomic mass is 35.5. The van der Waals surface area contributed by atoms with Gasteiger partial charge in [-0.3, -0.25) is 0 Å². The SMILES string of the molecule is Cc1cccc(NCCCCl)n1. The van der Waals surface area contributed by atoms with E-state index in [0.717, 1.165) is 24.5 Å². The van der Waals surface area contributed by atoms with Crippen molar-refractivity contribution in [2.24, 2.45) is 0 Å². The molecule has 12 heavy (non-hydrogen) atoms. The van der Waals surface area contributed by atoms with Gasteiger partial charge in [0.2, 0.25) is 0 Å². The number of alkyl halides is 1. The van der Waals surface area contributed by atoms with Crippen molar-refractivity contribution in [3.05, 3.63) is 23.9 Å². The van der Waals surface area contributed by atoms with Gasteiger partial charge < -0.3 is 5.32 Å². The third-order valence-corrected chi connectivity index (χ3v) is 1.77. The highest BCUT2D eigenvalue weighted by Crippen LogP contribution is 2.03. The largest absolute Gasteiger partial charge is 0.370 e. The number of nitrogens with zero attached hydrogens (tertiary/aromatic N) is 1. The summed E-state index contributed by atoms with van der Waals surface area (Å²) in [4.78, 5) is 4.29. The third-order valence-electron chi connectivity index (χ3n) is 1.50. The van der Waals surface area contributed by atoms with Crippen LogP contribution in [0.15, 0.2) is 18.2 Å². The van der Waals surface area contributed by atoms with E-state index >= 15 is 0 Å². The first-order valence-corrected chi connectivity index (χ1v) is 4.60. The Morgan fingerprint density at radius 2 is 2.33 bits per heavy atom. The second-order valence-corrected chi connectivity index (χ2v) is 3.01. The highest BCUT2D eigenvalue weighted by Gasteiger charge is 1.91. The lowest BCUT2D eigenvalue weighted by molar-refractivity contribution is 0.972. The lowest BCUT2D eigenvalue weighted by Gasteiger charge is -2.03. The summed E-state index contributed by atoms with van der Waals surface area (Å²) < 4.78 is 0. The number of aromatic nitrogens is 1. The third kappa shape index (κ3) is 3.09. The molecule has 0 radical (unpaired) electrons. The Balaban J connectivity index is 2.41. The molecular formula is C9H13ClN2. The Morgan fingerprint density at radius 1 is 1.50 bits per heavy atom. The molecule has 0 aliphatic carbocycles. The quantitative estimate of drug-likeness (QED) is 0.575. The van der Waals surface area contributed by atoms with E-state index in [1.807, 2.05) is 25.1 Å². The minimum Gasteiger partial charge on any atom is -0.370 e. The molecule has 0 amide bonds. The zero-order chi connectivity index (χ0) is 8.81. The number of hydrogen-bond donors (Lipinski definition) is 1. The fraction of sp³-hybridized carbons (Fsp3) is 0.444. The summed E-state index contributed by atoms with van der Waals surface area (Å²) in [7, 11) is 0. The van der Waals surface area contributed by atoms with Crippen molar-refractivity contribution in [2.45, 2.75) is 13.3 Å². The maximum Gasteiger partial charge on any atom is 0.126 e. The Kier molecular flexibility index (Phi) is 3.88. The molecule has 0 saturated heterocycles. The number of nitrogens with one attached hydrogen (secondary N) is 1. The average Bonchev–Trinajstić information content (AvgIpc) is 2.05. The van der Waals surface area contributed by atoms with E-state index in [0.29, 0.717) is 5.88 Å². The fourth-order valence-electron chi connectivity index (χ4n) is 0.925. The lowest BCUT2D eigenvalue weighted by Crippen LogP contribution is -2.03. The Labute approximate surface area is 78.0 Å². The fourth-order valence-corrected chi connectivity index (χ4v) is 1.06. The molecule has 0 bridgehead atoms. The van der Waals surface area contributed by atoms with Crippen LogP contribution < -0.4 is 5.32 Å². The summed E-state index contributed by atoms with van der Waals surface area (Å²) in [6.07, 6.45) is 0.969. The summed E-state index contributed by atoms with van der Waals surface area (Å²) in [5.74, 6) is 1.62. The Morgan fingerprint density at radius 3 is 3.00 bits per heavy atom. The van der Waals surface area contributed by atoms with Gasteiger partial charge in [0.1, 0.15) is 5.82 Å². The van der Waals surface area contributed by atoms with Crippen molar-refractivity contribution >= 4 is 17.4 Å². The molecule has 0 aliphatic heterocycles. The van der Waals surface area contributed by atoms with Crippen LogP contribution in [0, 0.1) is 6.92 Å². The average molecular weight is 185 g/mol. The molecule has 1 rings (SSSR count). The van der Waals surface area contributed by atoms with Gasteiger partial charge in [0.15, 0.2) is 0 Å². The smallest absolute Gasteiger partial charge is 0.126 e. The first-order valence-electron chi connectivity index (χ1n) is 4.06. The van der Waals surface area contributed by atoms with Crippen molar-refractivity contribution < 1.29 is 0 Å². The highest BCUT2D eigenvalue weighted by molar-refractivity contribution is 6.17. The minimum absolute atomic E-state index is 0.693. The number of rotatable bonds is 4. The van der Waals surface area contributed by atoms with Gasteiger partial charge >= 0.3 is 0 Å². The molecule has 3 heteroatoms. The number of anilines is 1. The van der Waals surface area contributed by atoms with E-state index in [9.17, 15) is 0 Å². The molecule has 1 N–H and O–H groups in total. The topological polar surface area (TPSA) is 24.9 Å². The van der Waals surface area contributed by atoms with E-state index < -0.39 is 0 Å². The van der Waals surface area contributed by atoms with Gasteiger partial charge in [-0.25, -0.2) is 4.98 Å². The standard InChI is InChI=1S/C9H13ClN2/c1-8-4-2-5-9(12-8)11-7-3-6-10/h2,4-5H,3,6-7H2,1H3,(H,11,12). The van der Waals surface area contributed by atoms with Gasteiger partial charge in [0, 0.05) is 18.1 Å². The molecule has 2 nitrogen and oxygen atoms in total. The molecule has 0 unspecified atom stereocenters. The van der Waals surface area contributed by atoms with Crippen LogP contribution in [0.25, 0.3) is 0 Å². The molecule has 0 atom stereocenters. The normalized spacial score (nSPS) is 9.83. The maximum atomic E-state index is 5.54. The molecule has 66 valence electrons. The van der Waals surface area contributed by atoms with E-state index in [1.54, 1.807) is 0 Å². The first-order chi connectivity index (χ1) is 5.83. The van der Waals surface area contributed by atoms with Crippen LogP contribution in [0.2, 0.25) is 0 Å². The number of aryl methyl sites for hydroxylation is 1. The van der Waals surface area contributed by atoms with Gasteiger partial charge in [0.05, 0.1) is 0 Å². The summed E-state index contributed by atoms with van der Waals surface area (Å²) in [6, 6.07) is 5.93.